The van der Waals surface area contributed by atoms with Crippen molar-refractivity contribution < 1.29 is 4.79 Å². The van der Waals surface area contributed by atoms with Crippen LogP contribution in [0.1, 0.15) is 11.1 Å². The minimum absolute atomic E-state index is 0.0193. The molecule has 33 heavy (non-hydrogen) atoms. The van der Waals surface area contributed by atoms with Crippen LogP contribution < -0.4 is 5.32 Å². The van der Waals surface area contributed by atoms with Crippen molar-refractivity contribution in [2.75, 3.05) is 6.54 Å². The molecular formula is C27H21ClN4O. The summed E-state index contributed by atoms with van der Waals surface area (Å²) in [6.07, 6.45) is 4.08. The molecule has 1 aromatic heterocycles. The van der Waals surface area contributed by atoms with Crippen LogP contribution in [0.4, 0.5) is 0 Å². The van der Waals surface area contributed by atoms with Gasteiger partial charge in [-0.15, -0.1) is 0 Å². The second-order valence-corrected chi connectivity index (χ2v) is 7.82. The summed E-state index contributed by atoms with van der Waals surface area (Å²) in [6, 6.07) is 28.9. The van der Waals surface area contributed by atoms with E-state index in [4.69, 9.17) is 16.7 Å². The predicted octanol–water partition coefficient (Wildman–Crippen LogP) is 5.46. The van der Waals surface area contributed by atoms with Gasteiger partial charge in [-0.2, -0.15) is 10.4 Å². The Morgan fingerprint density at radius 1 is 1.00 bits per heavy atom. The van der Waals surface area contributed by atoms with E-state index in [9.17, 15) is 10.1 Å². The van der Waals surface area contributed by atoms with Gasteiger partial charge in [0.25, 0.3) is 5.91 Å². The van der Waals surface area contributed by atoms with Gasteiger partial charge in [-0.1, -0.05) is 72.3 Å². The number of nitrogens with zero attached hydrogens (tertiary/aromatic N) is 3. The number of rotatable bonds is 7. The summed E-state index contributed by atoms with van der Waals surface area (Å²) in [7, 11) is 0. The molecule has 0 bridgehead atoms. The third kappa shape index (κ3) is 5.57. The van der Waals surface area contributed by atoms with Crippen LogP contribution in [-0.4, -0.2) is 22.2 Å². The molecule has 3 aromatic carbocycles. The molecule has 4 aromatic rings. The summed E-state index contributed by atoms with van der Waals surface area (Å²) in [5, 5.41) is 17.8. The normalized spacial score (nSPS) is 11.1. The highest BCUT2D eigenvalue weighted by Gasteiger charge is 2.15. The number of carbonyl (C=O) groups is 1. The third-order valence-corrected chi connectivity index (χ3v) is 5.34. The van der Waals surface area contributed by atoms with Crippen molar-refractivity contribution in [2.45, 2.75) is 6.42 Å². The van der Waals surface area contributed by atoms with Crippen molar-refractivity contribution in [1.82, 2.24) is 15.1 Å². The summed E-state index contributed by atoms with van der Waals surface area (Å²) in [4.78, 5) is 12.7. The Labute approximate surface area is 197 Å². The second-order valence-electron chi connectivity index (χ2n) is 7.38. The fourth-order valence-corrected chi connectivity index (χ4v) is 3.53. The van der Waals surface area contributed by atoms with Gasteiger partial charge in [-0.3, -0.25) is 4.79 Å². The SMILES string of the molecule is N#CC(=Cc1cn(-c2ccccc2)nc1-c1ccc(Cl)cc1)C(=O)NCCc1ccccc1. The minimum Gasteiger partial charge on any atom is -0.351 e. The van der Waals surface area contributed by atoms with Gasteiger partial charge in [0.1, 0.15) is 11.6 Å². The number of hydrogen-bond acceptors (Lipinski definition) is 3. The van der Waals surface area contributed by atoms with Crippen molar-refractivity contribution in [1.29, 1.82) is 5.26 Å². The lowest BCUT2D eigenvalue weighted by atomic mass is 10.1. The number of benzene rings is 3. The molecule has 1 N–H and O–H groups in total. The maximum absolute atomic E-state index is 12.7. The lowest BCUT2D eigenvalue weighted by Gasteiger charge is -2.05. The first-order valence-electron chi connectivity index (χ1n) is 10.5. The van der Waals surface area contributed by atoms with Crippen molar-refractivity contribution in [3.05, 3.63) is 113 Å². The molecule has 0 aliphatic rings. The number of hydrogen-bond donors (Lipinski definition) is 1. The van der Waals surface area contributed by atoms with Gasteiger partial charge in [-0.25, -0.2) is 4.68 Å². The number of carbonyl (C=O) groups excluding carboxylic acids is 1. The van der Waals surface area contributed by atoms with Gasteiger partial charge >= 0.3 is 0 Å². The molecular weight excluding hydrogens is 432 g/mol. The molecule has 1 heterocycles. The summed E-state index contributed by atoms with van der Waals surface area (Å²) in [5.74, 6) is -0.414. The van der Waals surface area contributed by atoms with Gasteiger partial charge in [0, 0.05) is 28.9 Å². The van der Waals surface area contributed by atoms with E-state index in [2.05, 4.69) is 5.32 Å². The number of nitriles is 1. The molecule has 0 aliphatic carbocycles. The fourth-order valence-electron chi connectivity index (χ4n) is 3.40. The van der Waals surface area contributed by atoms with Crippen molar-refractivity contribution in [3.8, 4) is 23.0 Å². The molecule has 0 radical (unpaired) electrons. The van der Waals surface area contributed by atoms with E-state index in [0.717, 1.165) is 16.8 Å². The Bertz CT molecular complexity index is 1300. The third-order valence-electron chi connectivity index (χ3n) is 5.09. The average molecular weight is 453 g/mol. The maximum Gasteiger partial charge on any atom is 0.261 e. The standard InChI is InChI=1S/C27H21ClN4O/c28-24-13-11-21(12-14-24)26-23(19-32(31-26)25-9-5-2-6-10-25)17-22(18-29)27(33)30-16-15-20-7-3-1-4-8-20/h1-14,17,19H,15-16H2,(H,30,33). The number of amides is 1. The number of para-hydroxylation sites is 1. The van der Waals surface area contributed by atoms with E-state index < -0.39 is 5.91 Å². The first-order valence-corrected chi connectivity index (χ1v) is 10.9. The largest absolute Gasteiger partial charge is 0.351 e. The van der Waals surface area contributed by atoms with Crippen LogP contribution in [0.2, 0.25) is 5.02 Å². The first kappa shape index (κ1) is 22.1. The fraction of sp³-hybridized carbons (Fsp3) is 0.0741. The zero-order chi connectivity index (χ0) is 23.0. The predicted molar refractivity (Wildman–Crippen MR) is 131 cm³/mol. The zero-order valence-corrected chi connectivity index (χ0v) is 18.5. The van der Waals surface area contributed by atoms with Gasteiger partial charge in [0.05, 0.1) is 11.4 Å². The summed E-state index contributed by atoms with van der Waals surface area (Å²) in [5.41, 5.74) is 4.16. The summed E-state index contributed by atoms with van der Waals surface area (Å²) in [6.45, 7) is 0.440. The Hall–Kier alpha value is -4.14. The molecule has 1 amide bonds. The van der Waals surface area contributed by atoms with Crippen LogP contribution in [-0.2, 0) is 11.2 Å². The van der Waals surface area contributed by atoms with Crippen molar-refractivity contribution in [2.24, 2.45) is 0 Å². The monoisotopic (exact) mass is 452 g/mol. The molecule has 162 valence electrons. The Morgan fingerprint density at radius 2 is 1.67 bits per heavy atom. The molecule has 5 nitrogen and oxygen atoms in total. The zero-order valence-electron chi connectivity index (χ0n) is 17.8. The van der Waals surface area contributed by atoms with Gasteiger partial charge in [-0.05, 0) is 42.3 Å². The molecule has 0 unspecified atom stereocenters. The van der Waals surface area contributed by atoms with E-state index in [1.165, 1.54) is 0 Å². The lowest BCUT2D eigenvalue weighted by molar-refractivity contribution is -0.117. The lowest BCUT2D eigenvalue weighted by Crippen LogP contribution is -2.26. The number of halogens is 1. The molecule has 0 atom stereocenters. The van der Waals surface area contributed by atoms with E-state index in [1.54, 1.807) is 22.9 Å². The minimum atomic E-state index is -0.414. The summed E-state index contributed by atoms with van der Waals surface area (Å²) < 4.78 is 1.73. The Kier molecular flexibility index (Phi) is 6.99. The van der Waals surface area contributed by atoms with Crippen molar-refractivity contribution in [3.63, 3.8) is 0 Å². The highest BCUT2D eigenvalue weighted by atomic mass is 35.5. The molecule has 4 rings (SSSR count). The highest BCUT2D eigenvalue weighted by molar-refractivity contribution is 6.30. The van der Waals surface area contributed by atoms with E-state index >= 15 is 0 Å². The van der Waals surface area contributed by atoms with Gasteiger partial charge < -0.3 is 5.32 Å². The molecule has 0 saturated carbocycles. The average Bonchev–Trinajstić information content (AvgIpc) is 3.28. The topological polar surface area (TPSA) is 70.7 Å². The molecule has 0 saturated heterocycles. The molecule has 0 fully saturated rings. The maximum atomic E-state index is 12.7. The summed E-state index contributed by atoms with van der Waals surface area (Å²) >= 11 is 6.05. The number of nitrogens with one attached hydrogen (secondary N) is 1. The van der Waals surface area contributed by atoms with Gasteiger partial charge in [0.2, 0.25) is 0 Å². The van der Waals surface area contributed by atoms with Crippen LogP contribution >= 0.6 is 11.6 Å². The van der Waals surface area contributed by atoms with Crippen LogP contribution in [0.3, 0.4) is 0 Å². The van der Waals surface area contributed by atoms with Gasteiger partial charge in [0.15, 0.2) is 0 Å². The molecule has 0 aliphatic heterocycles. The Morgan fingerprint density at radius 3 is 2.33 bits per heavy atom. The number of aromatic nitrogens is 2. The van der Waals surface area contributed by atoms with Crippen LogP contribution in [0.5, 0.6) is 0 Å². The second kappa shape index (κ2) is 10.4. The van der Waals surface area contributed by atoms with E-state index in [0.29, 0.717) is 29.2 Å². The van der Waals surface area contributed by atoms with Crippen molar-refractivity contribution >= 4 is 23.6 Å². The highest BCUT2D eigenvalue weighted by Crippen LogP contribution is 2.27. The van der Waals surface area contributed by atoms with Crippen LogP contribution in [0, 0.1) is 11.3 Å². The van der Waals surface area contributed by atoms with Crippen LogP contribution in [0.25, 0.3) is 23.0 Å². The molecule has 6 heteroatoms. The quantitative estimate of drug-likeness (QED) is 0.299. The van der Waals surface area contributed by atoms with E-state index in [1.807, 2.05) is 85.1 Å². The van der Waals surface area contributed by atoms with E-state index in [-0.39, 0.29) is 5.57 Å². The first-order chi connectivity index (χ1) is 16.1. The molecule has 0 spiro atoms. The smallest absolute Gasteiger partial charge is 0.261 e. The Balaban J connectivity index is 1.62. The van der Waals surface area contributed by atoms with Crippen LogP contribution in [0.15, 0.2) is 96.7 Å².